The highest BCUT2D eigenvalue weighted by Crippen LogP contribution is 2.28. The zero-order valence-corrected chi connectivity index (χ0v) is 13.9. The van der Waals surface area contributed by atoms with Crippen LogP contribution in [0.4, 0.5) is 5.69 Å². The predicted molar refractivity (Wildman–Crippen MR) is 90.3 cm³/mol. The van der Waals surface area contributed by atoms with Crippen LogP contribution < -0.4 is 14.8 Å². The fourth-order valence-corrected chi connectivity index (χ4v) is 2.35. The molecule has 0 spiro atoms. The molecule has 0 aliphatic carbocycles. The van der Waals surface area contributed by atoms with Crippen LogP contribution in [0.15, 0.2) is 36.4 Å². The van der Waals surface area contributed by atoms with Gasteiger partial charge in [-0.15, -0.1) is 0 Å². The largest absolute Gasteiger partial charge is 0.493 e. The van der Waals surface area contributed by atoms with Crippen molar-refractivity contribution in [2.45, 2.75) is 6.42 Å². The van der Waals surface area contributed by atoms with Crippen LogP contribution in [-0.2, 0) is 11.2 Å². The molecule has 0 atom stereocenters. The van der Waals surface area contributed by atoms with Gasteiger partial charge in [-0.2, -0.15) is 0 Å². The average Bonchev–Trinajstić information content (AvgIpc) is 2.54. The van der Waals surface area contributed by atoms with Gasteiger partial charge in [-0.3, -0.25) is 4.79 Å². The molecule has 2 rings (SSSR count). The fourth-order valence-electron chi connectivity index (χ4n) is 2.18. The summed E-state index contributed by atoms with van der Waals surface area (Å²) in [4.78, 5) is 23.4. The topological polar surface area (TPSA) is 84.9 Å². The van der Waals surface area contributed by atoms with E-state index in [0.29, 0.717) is 22.1 Å². The Bertz CT molecular complexity index is 776. The molecule has 0 aliphatic rings. The second-order valence-corrected chi connectivity index (χ2v) is 5.35. The number of amides is 1. The van der Waals surface area contributed by atoms with Crippen LogP contribution in [0.3, 0.4) is 0 Å². The van der Waals surface area contributed by atoms with Gasteiger partial charge in [0.25, 0.3) is 0 Å². The van der Waals surface area contributed by atoms with E-state index in [1.54, 1.807) is 18.2 Å². The van der Waals surface area contributed by atoms with Crippen molar-refractivity contribution >= 4 is 29.2 Å². The molecule has 0 radical (unpaired) electrons. The fraction of sp³-hybridized carbons (Fsp3) is 0.176. The highest BCUT2D eigenvalue weighted by molar-refractivity contribution is 6.31. The second kappa shape index (κ2) is 7.70. The van der Waals surface area contributed by atoms with Crippen LogP contribution in [0, 0.1) is 0 Å². The van der Waals surface area contributed by atoms with E-state index in [0.717, 1.165) is 0 Å². The SMILES string of the molecule is COc1ccc(CC(=O)Nc2cc(Cl)ccc2C(=O)O)cc1OC. The van der Waals surface area contributed by atoms with Crippen molar-refractivity contribution < 1.29 is 24.2 Å². The zero-order valence-electron chi connectivity index (χ0n) is 13.1. The number of carboxylic acids is 1. The molecule has 126 valence electrons. The molecule has 0 saturated heterocycles. The van der Waals surface area contributed by atoms with Crippen LogP contribution in [0.25, 0.3) is 0 Å². The number of anilines is 1. The van der Waals surface area contributed by atoms with Crippen LogP contribution in [0.2, 0.25) is 5.02 Å². The lowest BCUT2D eigenvalue weighted by atomic mass is 10.1. The van der Waals surface area contributed by atoms with Gasteiger partial charge in [-0.1, -0.05) is 17.7 Å². The van der Waals surface area contributed by atoms with E-state index in [9.17, 15) is 9.59 Å². The number of ether oxygens (including phenoxy) is 2. The van der Waals surface area contributed by atoms with Crippen molar-refractivity contribution in [1.29, 1.82) is 0 Å². The molecular weight excluding hydrogens is 334 g/mol. The summed E-state index contributed by atoms with van der Waals surface area (Å²) in [5, 5.41) is 12.1. The summed E-state index contributed by atoms with van der Waals surface area (Å²) in [5.74, 6) is -0.443. The minimum atomic E-state index is -1.15. The number of hydrogen-bond acceptors (Lipinski definition) is 4. The van der Waals surface area contributed by atoms with E-state index in [4.69, 9.17) is 26.2 Å². The number of benzene rings is 2. The Morgan fingerprint density at radius 1 is 1.08 bits per heavy atom. The quantitative estimate of drug-likeness (QED) is 0.836. The maximum Gasteiger partial charge on any atom is 0.337 e. The smallest absolute Gasteiger partial charge is 0.337 e. The third-order valence-corrected chi connectivity index (χ3v) is 3.53. The normalized spacial score (nSPS) is 10.1. The molecular formula is C17H16ClNO5. The molecule has 24 heavy (non-hydrogen) atoms. The summed E-state index contributed by atoms with van der Waals surface area (Å²) in [5.41, 5.74) is 0.824. The summed E-state index contributed by atoms with van der Waals surface area (Å²) < 4.78 is 10.3. The number of rotatable bonds is 6. The number of carbonyl (C=O) groups is 2. The maximum absolute atomic E-state index is 12.2. The number of aromatic carboxylic acids is 1. The Hall–Kier alpha value is -2.73. The monoisotopic (exact) mass is 349 g/mol. The minimum Gasteiger partial charge on any atom is -0.493 e. The molecule has 0 unspecified atom stereocenters. The van der Waals surface area contributed by atoms with E-state index in [1.807, 2.05) is 0 Å². The van der Waals surface area contributed by atoms with Gasteiger partial charge in [0, 0.05) is 5.02 Å². The lowest BCUT2D eigenvalue weighted by Gasteiger charge is -2.11. The Morgan fingerprint density at radius 2 is 1.79 bits per heavy atom. The zero-order chi connectivity index (χ0) is 17.7. The molecule has 0 saturated carbocycles. The van der Waals surface area contributed by atoms with Gasteiger partial charge in [-0.05, 0) is 35.9 Å². The standard InChI is InChI=1S/C17H16ClNO5/c1-23-14-6-3-10(7-15(14)24-2)8-16(20)19-13-9-11(18)4-5-12(13)17(21)22/h3-7,9H,8H2,1-2H3,(H,19,20)(H,21,22). The van der Waals surface area contributed by atoms with Gasteiger partial charge in [-0.25, -0.2) is 4.79 Å². The maximum atomic E-state index is 12.2. The Balaban J connectivity index is 2.17. The van der Waals surface area contributed by atoms with Crippen molar-refractivity contribution in [3.63, 3.8) is 0 Å². The number of carbonyl (C=O) groups excluding carboxylic acids is 1. The first-order valence-corrected chi connectivity index (χ1v) is 7.36. The summed E-state index contributed by atoms with van der Waals surface area (Å²) in [6, 6.07) is 9.32. The summed E-state index contributed by atoms with van der Waals surface area (Å²) in [6.45, 7) is 0. The molecule has 2 N–H and O–H groups in total. The van der Waals surface area contributed by atoms with E-state index in [2.05, 4.69) is 5.32 Å². The van der Waals surface area contributed by atoms with Crippen molar-refractivity contribution in [1.82, 2.24) is 0 Å². The molecule has 7 heteroatoms. The van der Waals surface area contributed by atoms with E-state index in [1.165, 1.54) is 32.4 Å². The molecule has 6 nitrogen and oxygen atoms in total. The number of hydrogen-bond donors (Lipinski definition) is 2. The third kappa shape index (κ3) is 4.17. The molecule has 2 aromatic carbocycles. The van der Waals surface area contributed by atoms with Gasteiger partial charge >= 0.3 is 5.97 Å². The van der Waals surface area contributed by atoms with E-state index < -0.39 is 5.97 Å². The Kier molecular flexibility index (Phi) is 5.65. The van der Waals surface area contributed by atoms with Crippen LogP contribution in [0.1, 0.15) is 15.9 Å². The van der Waals surface area contributed by atoms with Crippen molar-refractivity contribution in [2.75, 3.05) is 19.5 Å². The van der Waals surface area contributed by atoms with Crippen LogP contribution >= 0.6 is 11.6 Å². The van der Waals surface area contributed by atoms with Crippen molar-refractivity contribution in [3.05, 3.63) is 52.5 Å². The van der Waals surface area contributed by atoms with Gasteiger partial charge in [0.05, 0.1) is 31.9 Å². The first-order valence-electron chi connectivity index (χ1n) is 6.98. The van der Waals surface area contributed by atoms with Gasteiger partial charge in [0.2, 0.25) is 5.91 Å². The summed E-state index contributed by atoms with van der Waals surface area (Å²) in [7, 11) is 3.03. The molecule has 0 heterocycles. The summed E-state index contributed by atoms with van der Waals surface area (Å²) in [6.07, 6.45) is 0.0475. The highest BCUT2D eigenvalue weighted by Gasteiger charge is 2.14. The lowest BCUT2D eigenvalue weighted by Crippen LogP contribution is -2.17. The van der Waals surface area contributed by atoms with Crippen molar-refractivity contribution in [3.8, 4) is 11.5 Å². The molecule has 0 bridgehead atoms. The first-order chi connectivity index (χ1) is 11.4. The third-order valence-electron chi connectivity index (χ3n) is 3.30. The number of carboxylic acid groups (broad SMARTS) is 1. The molecule has 1 amide bonds. The minimum absolute atomic E-state index is 0.0277. The van der Waals surface area contributed by atoms with Crippen LogP contribution in [0.5, 0.6) is 11.5 Å². The molecule has 0 aliphatic heterocycles. The average molecular weight is 350 g/mol. The van der Waals surface area contributed by atoms with Crippen LogP contribution in [-0.4, -0.2) is 31.2 Å². The number of nitrogens with one attached hydrogen (secondary N) is 1. The second-order valence-electron chi connectivity index (χ2n) is 4.91. The summed E-state index contributed by atoms with van der Waals surface area (Å²) >= 11 is 5.86. The van der Waals surface area contributed by atoms with Gasteiger partial charge < -0.3 is 19.9 Å². The van der Waals surface area contributed by atoms with Crippen molar-refractivity contribution in [2.24, 2.45) is 0 Å². The molecule has 2 aromatic rings. The van der Waals surface area contributed by atoms with E-state index >= 15 is 0 Å². The van der Waals surface area contributed by atoms with Gasteiger partial charge in [0.1, 0.15) is 0 Å². The first kappa shape index (κ1) is 17.6. The number of methoxy groups -OCH3 is 2. The lowest BCUT2D eigenvalue weighted by molar-refractivity contribution is -0.115. The Labute approximate surface area is 144 Å². The molecule has 0 aromatic heterocycles. The predicted octanol–water partition coefficient (Wildman–Crippen LogP) is 3.24. The number of halogens is 1. The van der Waals surface area contributed by atoms with Gasteiger partial charge in [0.15, 0.2) is 11.5 Å². The highest BCUT2D eigenvalue weighted by atomic mass is 35.5. The van der Waals surface area contributed by atoms with E-state index in [-0.39, 0.29) is 23.6 Å². The molecule has 0 fully saturated rings. The Morgan fingerprint density at radius 3 is 2.42 bits per heavy atom.